The molecule has 0 bridgehead atoms. The Kier molecular flexibility index (Phi) is 12.8. The van der Waals surface area contributed by atoms with Crippen LogP contribution in [0.4, 0.5) is 5.82 Å². The quantitative estimate of drug-likeness (QED) is 0.167. The summed E-state index contributed by atoms with van der Waals surface area (Å²) < 4.78 is 5.96. The van der Waals surface area contributed by atoms with Crippen molar-refractivity contribution < 1.29 is 9.53 Å². The second-order valence-corrected chi connectivity index (χ2v) is 6.93. The smallest absolute Gasteiger partial charge is 0.227 e. The first-order chi connectivity index (χ1) is 13.2. The number of nitrogens with one attached hydrogen (secondary N) is 3. The SMILES string of the molecule is CN=C(NCCOC1CCCCCC1)NCCC(=O)Nc1ccc(C)cn1.I. The van der Waals surface area contributed by atoms with Crippen molar-refractivity contribution in [2.45, 2.75) is 58.0 Å². The van der Waals surface area contributed by atoms with E-state index in [1.807, 2.05) is 13.0 Å². The van der Waals surface area contributed by atoms with Gasteiger partial charge in [0.05, 0.1) is 12.7 Å². The topological polar surface area (TPSA) is 87.6 Å². The van der Waals surface area contributed by atoms with Crippen LogP contribution in [0, 0.1) is 6.92 Å². The first-order valence-corrected chi connectivity index (χ1v) is 9.96. The third-order valence-corrected chi connectivity index (χ3v) is 4.60. The molecule has 8 heteroatoms. The van der Waals surface area contributed by atoms with E-state index in [0.717, 1.165) is 5.56 Å². The molecule has 1 aromatic rings. The number of aryl methyl sites for hydroxylation is 1. The molecular formula is C20H34IN5O2. The van der Waals surface area contributed by atoms with Gasteiger partial charge < -0.3 is 20.7 Å². The number of guanidine groups is 1. The number of aromatic nitrogens is 1. The Hall–Kier alpha value is -1.42. The number of hydrogen-bond donors (Lipinski definition) is 3. The minimum Gasteiger partial charge on any atom is -0.376 e. The van der Waals surface area contributed by atoms with Crippen LogP contribution >= 0.6 is 24.0 Å². The summed E-state index contributed by atoms with van der Waals surface area (Å²) in [6.07, 6.45) is 10.1. The highest BCUT2D eigenvalue weighted by atomic mass is 127. The van der Waals surface area contributed by atoms with Gasteiger partial charge in [-0.2, -0.15) is 0 Å². The van der Waals surface area contributed by atoms with Crippen molar-refractivity contribution in [2.24, 2.45) is 4.99 Å². The van der Waals surface area contributed by atoms with Crippen molar-refractivity contribution in [3.8, 4) is 0 Å². The molecule has 1 saturated carbocycles. The molecular weight excluding hydrogens is 469 g/mol. The number of rotatable bonds is 8. The molecule has 0 atom stereocenters. The van der Waals surface area contributed by atoms with E-state index in [0.29, 0.717) is 44.0 Å². The van der Waals surface area contributed by atoms with Crippen molar-refractivity contribution >= 4 is 41.7 Å². The summed E-state index contributed by atoms with van der Waals surface area (Å²) in [7, 11) is 1.72. The summed E-state index contributed by atoms with van der Waals surface area (Å²) in [5, 5.41) is 9.15. The zero-order valence-electron chi connectivity index (χ0n) is 17.0. The predicted octanol–water partition coefficient (Wildman–Crippen LogP) is 3.24. The molecule has 1 aromatic heterocycles. The molecule has 0 spiro atoms. The van der Waals surface area contributed by atoms with Crippen LogP contribution in [0.2, 0.25) is 0 Å². The Morgan fingerprint density at radius 3 is 2.54 bits per heavy atom. The van der Waals surface area contributed by atoms with Crippen LogP contribution in [0.15, 0.2) is 23.3 Å². The van der Waals surface area contributed by atoms with Crippen LogP contribution in [0.3, 0.4) is 0 Å². The molecule has 158 valence electrons. The van der Waals surface area contributed by atoms with Gasteiger partial charge >= 0.3 is 0 Å². The van der Waals surface area contributed by atoms with E-state index in [9.17, 15) is 4.79 Å². The van der Waals surface area contributed by atoms with Crippen molar-refractivity contribution in [1.29, 1.82) is 0 Å². The predicted molar refractivity (Wildman–Crippen MR) is 124 cm³/mol. The largest absolute Gasteiger partial charge is 0.376 e. The molecule has 28 heavy (non-hydrogen) atoms. The number of halogens is 1. The molecule has 1 aliphatic rings. The average Bonchev–Trinajstić information content (AvgIpc) is 2.94. The molecule has 0 unspecified atom stereocenters. The van der Waals surface area contributed by atoms with Gasteiger partial charge in [0.1, 0.15) is 5.82 Å². The molecule has 0 aromatic carbocycles. The molecule has 1 fully saturated rings. The molecule has 1 aliphatic carbocycles. The van der Waals surface area contributed by atoms with E-state index in [2.05, 4.69) is 25.9 Å². The third kappa shape index (κ3) is 10.2. The second kappa shape index (κ2) is 14.6. The Labute approximate surface area is 185 Å². The summed E-state index contributed by atoms with van der Waals surface area (Å²) in [6, 6.07) is 3.72. The number of pyridine rings is 1. The number of nitrogens with zero attached hydrogens (tertiary/aromatic N) is 2. The maximum atomic E-state index is 12.0. The molecule has 0 aliphatic heterocycles. The lowest BCUT2D eigenvalue weighted by Gasteiger charge is -2.16. The molecule has 3 N–H and O–H groups in total. The van der Waals surface area contributed by atoms with E-state index in [4.69, 9.17) is 4.74 Å². The molecule has 1 amide bonds. The minimum absolute atomic E-state index is 0. The summed E-state index contributed by atoms with van der Waals surface area (Å²) >= 11 is 0. The van der Waals surface area contributed by atoms with Crippen molar-refractivity contribution in [1.82, 2.24) is 15.6 Å². The van der Waals surface area contributed by atoms with Crippen LogP contribution in [-0.2, 0) is 9.53 Å². The van der Waals surface area contributed by atoms with Crippen LogP contribution in [0.25, 0.3) is 0 Å². The van der Waals surface area contributed by atoms with Crippen molar-refractivity contribution in [2.75, 3.05) is 32.1 Å². The fourth-order valence-corrected chi connectivity index (χ4v) is 3.07. The van der Waals surface area contributed by atoms with E-state index >= 15 is 0 Å². The second-order valence-electron chi connectivity index (χ2n) is 6.93. The third-order valence-electron chi connectivity index (χ3n) is 4.60. The van der Waals surface area contributed by atoms with Gasteiger partial charge in [0.2, 0.25) is 5.91 Å². The fourth-order valence-electron chi connectivity index (χ4n) is 3.07. The van der Waals surface area contributed by atoms with Gasteiger partial charge in [-0.05, 0) is 31.4 Å². The standard InChI is InChI=1S/C20H33N5O2.HI/c1-16-9-10-18(24-15-16)25-19(26)11-12-22-20(21-2)23-13-14-27-17-7-5-3-4-6-8-17;/h9-10,15,17H,3-8,11-14H2,1-2H3,(H2,21,22,23)(H,24,25,26);1H. The van der Waals surface area contributed by atoms with Crippen molar-refractivity contribution in [3.05, 3.63) is 23.9 Å². The maximum Gasteiger partial charge on any atom is 0.227 e. The molecule has 0 saturated heterocycles. The van der Waals surface area contributed by atoms with E-state index in [1.54, 1.807) is 19.3 Å². The van der Waals surface area contributed by atoms with Crippen LogP contribution < -0.4 is 16.0 Å². The highest BCUT2D eigenvalue weighted by molar-refractivity contribution is 14.0. The number of carbonyl (C=O) groups is 1. The maximum absolute atomic E-state index is 12.0. The normalized spacial score (nSPS) is 15.3. The van der Waals surface area contributed by atoms with Gasteiger partial charge in [0.15, 0.2) is 5.96 Å². The summed E-state index contributed by atoms with van der Waals surface area (Å²) in [4.78, 5) is 20.3. The Balaban J connectivity index is 0.00000392. The van der Waals surface area contributed by atoms with Gasteiger partial charge in [-0.15, -0.1) is 24.0 Å². The number of amides is 1. The summed E-state index contributed by atoms with van der Waals surface area (Å²) in [6.45, 7) is 3.84. The van der Waals surface area contributed by atoms with Crippen LogP contribution in [0.5, 0.6) is 0 Å². The van der Waals surface area contributed by atoms with E-state index < -0.39 is 0 Å². The first kappa shape index (κ1) is 24.6. The molecule has 0 radical (unpaired) electrons. The van der Waals surface area contributed by atoms with E-state index in [-0.39, 0.29) is 29.9 Å². The summed E-state index contributed by atoms with van der Waals surface area (Å²) in [5.74, 6) is 1.18. The number of hydrogen-bond acceptors (Lipinski definition) is 4. The first-order valence-electron chi connectivity index (χ1n) is 9.96. The summed E-state index contributed by atoms with van der Waals surface area (Å²) in [5.41, 5.74) is 1.06. The lowest BCUT2D eigenvalue weighted by atomic mass is 10.1. The highest BCUT2D eigenvalue weighted by Crippen LogP contribution is 2.19. The average molecular weight is 503 g/mol. The fraction of sp³-hybridized carbons (Fsp3) is 0.650. The number of ether oxygens (including phenoxy) is 1. The zero-order chi connectivity index (χ0) is 19.3. The molecule has 2 rings (SSSR count). The lowest BCUT2D eigenvalue weighted by molar-refractivity contribution is -0.116. The number of anilines is 1. The highest BCUT2D eigenvalue weighted by Gasteiger charge is 2.12. The molecule has 1 heterocycles. The minimum atomic E-state index is -0.0778. The van der Waals surface area contributed by atoms with E-state index in [1.165, 1.54) is 38.5 Å². The Morgan fingerprint density at radius 1 is 1.18 bits per heavy atom. The zero-order valence-corrected chi connectivity index (χ0v) is 19.3. The van der Waals surface area contributed by atoms with Crippen molar-refractivity contribution in [3.63, 3.8) is 0 Å². The van der Waals surface area contributed by atoms with Gasteiger partial charge in [-0.1, -0.05) is 31.7 Å². The Morgan fingerprint density at radius 2 is 1.89 bits per heavy atom. The van der Waals surface area contributed by atoms with Gasteiger partial charge in [-0.3, -0.25) is 9.79 Å². The van der Waals surface area contributed by atoms with Gasteiger partial charge in [0.25, 0.3) is 0 Å². The van der Waals surface area contributed by atoms with Gasteiger partial charge in [-0.25, -0.2) is 4.98 Å². The van der Waals surface area contributed by atoms with Gasteiger partial charge in [0, 0.05) is 32.8 Å². The molecule has 7 nitrogen and oxygen atoms in total. The monoisotopic (exact) mass is 503 g/mol. The van der Waals surface area contributed by atoms with Crippen LogP contribution in [0.1, 0.15) is 50.5 Å². The Bertz CT molecular complexity index is 587. The lowest BCUT2D eigenvalue weighted by Crippen LogP contribution is -2.40. The number of aliphatic imine (C=N–C) groups is 1. The van der Waals surface area contributed by atoms with Crippen LogP contribution in [-0.4, -0.2) is 49.7 Å². The number of carbonyl (C=O) groups excluding carboxylic acids is 1.